The monoisotopic (exact) mass is 184 g/mol. The highest BCUT2D eigenvalue weighted by molar-refractivity contribution is 4.86. The molecule has 0 heterocycles. The summed E-state index contributed by atoms with van der Waals surface area (Å²) in [5.41, 5.74) is 5.78. The largest absolute Gasteiger partial charge is 0.329 e. The molecule has 2 nitrogen and oxygen atoms in total. The van der Waals surface area contributed by atoms with Gasteiger partial charge >= 0.3 is 0 Å². The van der Waals surface area contributed by atoms with Gasteiger partial charge in [0, 0.05) is 18.6 Å². The summed E-state index contributed by atoms with van der Waals surface area (Å²) < 4.78 is 0. The quantitative estimate of drug-likeness (QED) is 0.682. The normalized spacial score (nSPS) is 21.9. The van der Waals surface area contributed by atoms with Crippen LogP contribution in [0, 0.1) is 5.92 Å². The Labute approximate surface area is 82.5 Å². The molecule has 1 fully saturated rings. The van der Waals surface area contributed by atoms with Gasteiger partial charge in [0.15, 0.2) is 0 Å². The van der Waals surface area contributed by atoms with E-state index in [9.17, 15) is 0 Å². The zero-order valence-corrected chi connectivity index (χ0v) is 9.29. The van der Waals surface area contributed by atoms with Crippen LogP contribution in [0.1, 0.15) is 39.5 Å². The minimum Gasteiger partial charge on any atom is -0.329 e. The van der Waals surface area contributed by atoms with Crippen molar-refractivity contribution in [2.75, 3.05) is 13.6 Å². The number of likely N-dealkylation sites (N-methyl/N-ethyl adjacent to an activating group) is 1. The van der Waals surface area contributed by atoms with E-state index in [2.05, 4.69) is 25.8 Å². The number of rotatable bonds is 6. The van der Waals surface area contributed by atoms with Crippen molar-refractivity contribution in [1.82, 2.24) is 4.90 Å². The van der Waals surface area contributed by atoms with E-state index < -0.39 is 0 Å². The van der Waals surface area contributed by atoms with Crippen molar-refractivity contribution in [1.29, 1.82) is 0 Å². The minimum absolute atomic E-state index is 0.598. The van der Waals surface area contributed by atoms with Gasteiger partial charge in [0.1, 0.15) is 0 Å². The fourth-order valence-corrected chi connectivity index (χ4v) is 2.06. The Bertz CT molecular complexity index is 143. The van der Waals surface area contributed by atoms with Gasteiger partial charge in [-0.05, 0) is 39.2 Å². The maximum Gasteiger partial charge on any atom is 0.0218 e. The van der Waals surface area contributed by atoms with Crippen molar-refractivity contribution in [3.05, 3.63) is 0 Å². The Morgan fingerprint density at radius 3 is 2.46 bits per heavy atom. The summed E-state index contributed by atoms with van der Waals surface area (Å²) in [6.45, 7) is 5.38. The van der Waals surface area contributed by atoms with E-state index in [-0.39, 0.29) is 0 Å². The molecule has 2 atom stereocenters. The molecule has 2 unspecified atom stereocenters. The second kappa shape index (κ2) is 4.97. The fraction of sp³-hybridized carbons (Fsp3) is 1.00. The Morgan fingerprint density at radius 2 is 2.08 bits per heavy atom. The van der Waals surface area contributed by atoms with Crippen LogP contribution in [0.4, 0.5) is 0 Å². The lowest BCUT2D eigenvalue weighted by molar-refractivity contribution is 0.162. The highest BCUT2D eigenvalue weighted by atomic mass is 15.2. The topological polar surface area (TPSA) is 29.3 Å². The lowest BCUT2D eigenvalue weighted by Crippen LogP contribution is -2.43. The van der Waals surface area contributed by atoms with Crippen molar-refractivity contribution in [3.63, 3.8) is 0 Å². The third-order valence-corrected chi connectivity index (χ3v) is 3.42. The average molecular weight is 184 g/mol. The van der Waals surface area contributed by atoms with E-state index in [1.165, 1.54) is 25.7 Å². The summed E-state index contributed by atoms with van der Waals surface area (Å²) in [7, 11) is 2.23. The molecular formula is C11H24N2. The first-order chi connectivity index (χ1) is 6.20. The maximum absolute atomic E-state index is 5.78. The van der Waals surface area contributed by atoms with Gasteiger partial charge in [-0.25, -0.2) is 0 Å². The lowest BCUT2D eigenvalue weighted by Gasteiger charge is -2.32. The zero-order chi connectivity index (χ0) is 9.84. The van der Waals surface area contributed by atoms with Crippen LogP contribution in [0.25, 0.3) is 0 Å². The Hall–Kier alpha value is -0.0800. The molecule has 1 saturated carbocycles. The molecular weight excluding hydrogens is 160 g/mol. The number of hydrogen-bond acceptors (Lipinski definition) is 2. The first kappa shape index (κ1) is 11.0. The van der Waals surface area contributed by atoms with Crippen LogP contribution < -0.4 is 5.73 Å². The SMILES string of the molecule is CCCC(CN)N(C)C(C)C1CC1. The first-order valence-electron chi connectivity index (χ1n) is 5.62. The molecule has 0 amide bonds. The van der Waals surface area contributed by atoms with E-state index in [1.54, 1.807) is 0 Å². The highest BCUT2D eigenvalue weighted by Gasteiger charge is 2.32. The average Bonchev–Trinajstić information content (AvgIpc) is 2.95. The summed E-state index contributed by atoms with van der Waals surface area (Å²) in [4.78, 5) is 2.49. The number of nitrogens with zero attached hydrogens (tertiary/aromatic N) is 1. The molecule has 0 aromatic heterocycles. The minimum atomic E-state index is 0.598. The molecule has 0 aromatic carbocycles. The van der Waals surface area contributed by atoms with Crippen LogP contribution in [0.3, 0.4) is 0 Å². The van der Waals surface area contributed by atoms with Gasteiger partial charge in [0.05, 0.1) is 0 Å². The Kier molecular flexibility index (Phi) is 4.20. The van der Waals surface area contributed by atoms with Crippen molar-refractivity contribution < 1.29 is 0 Å². The molecule has 13 heavy (non-hydrogen) atoms. The maximum atomic E-state index is 5.78. The Morgan fingerprint density at radius 1 is 1.46 bits per heavy atom. The second-order valence-corrected chi connectivity index (χ2v) is 4.42. The van der Waals surface area contributed by atoms with Crippen molar-refractivity contribution >= 4 is 0 Å². The standard InChI is InChI=1S/C11H24N2/c1-4-5-11(8-12)13(3)9(2)10-6-7-10/h9-11H,4-8,12H2,1-3H3. The highest BCUT2D eigenvalue weighted by Crippen LogP contribution is 2.35. The van der Waals surface area contributed by atoms with Gasteiger partial charge < -0.3 is 5.73 Å². The number of nitrogens with two attached hydrogens (primary N) is 1. The van der Waals surface area contributed by atoms with Crippen LogP contribution in [-0.4, -0.2) is 30.6 Å². The van der Waals surface area contributed by atoms with E-state index in [1.807, 2.05) is 0 Å². The first-order valence-corrected chi connectivity index (χ1v) is 5.62. The Balaban J connectivity index is 2.36. The molecule has 1 aliphatic carbocycles. The van der Waals surface area contributed by atoms with Crippen LogP contribution in [-0.2, 0) is 0 Å². The summed E-state index contributed by atoms with van der Waals surface area (Å²) >= 11 is 0. The molecule has 0 aliphatic heterocycles. The molecule has 0 saturated heterocycles. The van der Waals surface area contributed by atoms with Crippen LogP contribution in [0.15, 0.2) is 0 Å². The van der Waals surface area contributed by atoms with Crippen LogP contribution in [0.5, 0.6) is 0 Å². The predicted octanol–water partition coefficient (Wildman–Crippen LogP) is 1.84. The molecule has 2 heteroatoms. The molecule has 2 N–H and O–H groups in total. The fourth-order valence-electron chi connectivity index (χ4n) is 2.06. The van der Waals surface area contributed by atoms with Gasteiger partial charge in [0.2, 0.25) is 0 Å². The van der Waals surface area contributed by atoms with E-state index in [4.69, 9.17) is 5.73 Å². The van der Waals surface area contributed by atoms with E-state index >= 15 is 0 Å². The van der Waals surface area contributed by atoms with Gasteiger partial charge in [-0.2, -0.15) is 0 Å². The molecule has 0 radical (unpaired) electrons. The van der Waals surface area contributed by atoms with Gasteiger partial charge in [-0.15, -0.1) is 0 Å². The molecule has 0 bridgehead atoms. The smallest absolute Gasteiger partial charge is 0.0218 e. The van der Waals surface area contributed by atoms with Gasteiger partial charge in [-0.3, -0.25) is 4.90 Å². The molecule has 0 aromatic rings. The number of hydrogen-bond donors (Lipinski definition) is 1. The summed E-state index contributed by atoms with van der Waals surface area (Å²) in [5.74, 6) is 0.955. The van der Waals surface area contributed by atoms with Crippen LogP contribution >= 0.6 is 0 Å². The van der Waals surface area contributed by atoms with E-state index in [0.29, 0.717) is 6.04 Å². The molecule has 1 aliphatic rings. The van der Waals surface area contributed by atoms with Crippen molar-refractivity contribution in [2.24, 2.45) is 11.7 Å². The summed E-state index contributed by atoms with van der Waals surface area (Å²) in [6, 6.07) is 1.33. The van der Waals surface area contributed by atoms with Crippen molar-refractivity contribution in [2.45, 2.75) is 51.6 Å². The molecule has 78 valence electrons. The second-order valence-electron chi connectivity index (χ2n) is 4.42. The summed E-state index contributed by atoms with van der Waals surface area (Å²) in [5, 5.41) is 0. The molecule has 0 spiro atoms. The third-order valence-electron chi connectivity index (χ3n) is 3.42. The van der Waals surface area contributed by atoms with Crippen molar-refractivity contribution in [3.8, 4) is 0 Å². The van der Waals surface area contributed by atoms with Crippen LogP contribution in [0.2, 0.25) is 0 Å². The third kappa shape index (κ3) is 2.96. The predicted molar refractivity (Wildman–Crippen MR) is 57.7 cm³/mol. The van der Waals surface area contributed by atoms with E-state index in [0.717, 1.165) is 18.5 Å². The summed E-state index contributed by atoms with van der Waals surface area (Å²) in [6.07, 6.45) is 5.33. The van der Waals surface area contributed by atoms with Gasteiger partial charge in [0.25, 0.3) is 0 Å². The lowest BCUT2D eigenvalue weighted by atomic mass is 10.1. The zero-order valence-electron chi connectivity index (χ0n) is 9.29. The molecule has 1 rings (SSSR count). The van der Waals surface area contributed by atoms with Gasteiger partial charge in [-0.1, -0.05) is 13.3 Å².